The minimum Gasteiger partial charge on any atom is -0.423 e. The standard InChI is InChI=1S/C26H25N3O2/c30-26(31-23-16-14-21(15-17-23)20-6-2-1-3-7-20)22-12-10-19(11-13-22)18-29-25-9-5-4-8-24(25)27-28-29/h4-5,8-17,20H,1-3,6-7,18H2. The highest BCUT2D eigenvalue weighted by molar-refractivity contribution is 5.91. The molecule has 0 saturated heterocycles. The number of hydrogen-bond acceptors (Lipinski definition) is 4. The predicted octanol–water partition coefficient (Wildman–Crippen LogP) is 5.75. The van der Waals surface area contributed by atoms with E-state index in [9.17, 15) is 4.79 Å². The Balaban J connectivity index is 1.23. The number of esters is 1. The Morgan fingerprint density at radius 2 is 1.65 bits per heavy atom. The fourth-order valence-corrected chi connectivity index (χ4v) is 4.36. The van der Waals surface area contributed by atoms with Crippen molar-refractivity contribution in [2.45, 2.75) is 44.6 Å². The van der Waals surface area contributed by atoms with Gasteiger partial charge < -0.3 is 4.74 Å². The first-order valence-corrected chi connectivity index (χ1v) is 11.0. The fraction of sp³-hybridized carbons (Fsp3) is 0.269. The summed E-state index contributed by atoms with van der Waals surface area (Å²) in [6, 6.07) is 23.3. The summed E-state index contributed by atoms with van der Waals surface area (Å²) in [7, 11) is 0. The predicted molar refractivity (Wildman–Crippen MR) is 120 cm³/mol. The first-order valence-electron chi connectivity index (χ1n) is 11.0. The van der Waals surface area contributed by atoms with Crippen LogP contribution in [0, 0.1) is 0 Å². The highest BCUT2D eigenvalue weighted by Gasteiger charge is 2.16. The molecule has 0 unspecified atom stereocenters. The van der Waals surface area contributed by atoms with Crippen molar-refractivity contribution in [2.24, 2.45) is 0 Å². The van der Waals surface area contributed by atoms with Crippen LogP contribution in [0.2, 0.25) is 0 Å². The molecular formula is C26H25N3O2. The van der Waals surface area contributed by atoms with Crippen molar-refractivity contribution in [2.75, 3.05) is 0 Å². The van der Waals surface area contributed by atoms with Crippen LogP contribution in [0.1, 0.15) is 59.5 Å². The maximum atomic E-state index is 12.6. The zero-order valence-electron chi connectivity index (χ0n) is 17.4. The number of rotatable bonds is 5. The van der Waals surface area contributed by atoms with Gasteiger partial charge in [-0.1, -0.05) is 60.9 Å². The third kappa shape index (κ3) is 4.36. The smallest absolute Gasteiger partial charge is 0.343 e. The van der Waals surface area contributed by atoms with Gasteiger partial charge in [0.15, 0.2) is 0 Å². The van der Waals surface area contributed by atoms with E-state index < -0.39 is 0 Å². The number of aromatic nitrogens is 3. The van der Waals surface area contributed by atoms with Crippen LogP contribution in [0.25, 0.3) is 11.0 Å². The molecule has 1 saturated carbocycles. The average Bonchev–Trinajstić information content (AvgIpc) is 3.23. The summed E-state index contributed by atoms with van der Waals surface area (Å²) in [4.78, 5) is 12.6. The molecule has 5 nitrogen and oxygen atoms in total. The molecule has 31 heavy (non-hydrogen) atoms. The van der Waals surface area contributed by atoms with Gasteiger partial charge in [-0.3, -0.25) is 0 Å². The molecule has 5 heteroatoms. The number of carbonyl (C=O) groups excluding carboxylic acids is 1. The van der Waals surface area contributed by atoms with E-state index in [0.717, 1.165) is 16.6 Å². The van der Waals surface area contributed by atoms with Gasteiger partial charge in [0, 0.05) is 0 Å². The molecule has 1 fully saturated rings. The largest absolute Gasteiger partial charge is 0.423 e. The fourth-order valence-electron chi connectivity index (χ4n) is 4.36. The lowest BCUT2D eigenvalue weighted by Gasteiger charge is -2.22. The van der Waals surface area contributed by atoms with Crippen LogP contribution < -0.4 is 4.74 Å². The summed E-state index contributed by atoms with van der Waals surface area (Å²) in [6.07, 6.45) is 6.49. The number of benzene rings is 3. The van der Waals surface area contributed by atoms with Crippen LogP contribution in [0.15, 0.2) is 72.8 Å². The lowest BCUT2D eigenvalue weighted by molar-refractivity contribution is 0.0734. The van der Waals surface area contributed by atoms with Gasteiger partial charge in [-0.25, -0.2) is 9.48 Å². The molecule has 0 aliphatic heterocycles. The number of ether oxygens (including phenoxy) is 1. The third-order valence-corrected chi connectivity index (χ3v) is 6.11. The lowest BCUT2D eigenvalue weighted by atomic mass is 9.84. The maximum Gasteiger partial charge on any atom is 0.343 e. The van der Waals surface area contributed by atoms with Gasteiger partial charge in [-0.15, -0.1) is 5.10 Å². The van der Waals surface area contributed by atoms with Crippen LogP contribution >= 0.6 is 0 Å². The minimum absolute atomic E-state index is 0.344. The Labute approximate surface area is 181 Å². The highest BCUT2D eigenvalue weighted by atomic mass is 16.5. The van der Waals surface area contributed by atoms with E-state index in [1.807, 2.05) is 53.2 Å². The maximum absolute atomic E-state index is 12.6. The molecule has 0 amide bonds. The van der Waals surface area contributed by atoms with Gasteiger partial charge in [0.2, 0.25) is 0 Å². The molecule has 0 atom stereocenters. The van der Waals surface area contributed by atoms with Gasteiger partial charge in [-0.05, 0) is 66.3 Å². The van der Waals surface area contributed by atoms with E-state index in [2.05, 4.69) is 22.4 Å². The van der Waals surface area contributed by atoms with Crippen molar-refractivity contribution in [3.8, 4) is 5.75 Å². The SMILES string of the molecule is O=C(Oc1ccc(C2CCCCC2)cc1)c1ccc(Cn2nnc3ccccc32)cc1. The van der Waals surface area contributed by atoms with Crippen LogP contribution in [0.5, 0.6) is 5.75 Å². The van der Waals surface area contributed by atoms with Crippen LogP contribution in [-0.4, -0.2) is 21.0 Å². The van der Waals surface area contributed by atoms with Crippen molar-refractivity contribution in [1.82, 2.24) is 15.0 Å². The van der Waals surface area contributed by atoms with Crippen molar-refractivity contribution >= 4 is 17.0 Å². The van der Waals surface area contributed by atoms with Crippen LogP contribution in [0.3, 0.4) is 0 Å². The second-order valence-electron chi connectivity index (χ2n) is 8.23. The number of nitrogens with zero attached hydrogens (tertiary/aromatic N) is 3. The van der Waals surface area contributed by atoms with E-state index in [1.165, 1.54) is 37.7 Å². The second-order valence-corrected chi connectivity index (χ2v) is 8.23. The Hall–Kier alpha value is -3.47. The number of fused-ring (bicyclic) bond motifs is 1. The average molecular weight is 412 g/mol. The summed E-state index contributed by atoms with van der Waals surface area (Å²) >= 11 is 0. The summed E-state index contributed by atoms with van der Waals surface area (Å²) in [6.45, 7) is 0.596. The second kappa shape index (κ2) is 8.72. The summed E-state index contributed by atoms with van der Waals surface area (Å²) in [5.74, 6) is 0.888. The van der Waals surface area contributed by atoms with Crippen molar-refractivity contribution in [3.63, 3.8) is 0 Å². The third-order valence-electron chi connectivity index (χ3n) is 6.11. The topological polar surface area (TPSA) is 57.0 Å². The summed E-state index contributed by atoms with van der Waals surface area (Å²) in [5, 5.41) is 8.40. The molecular weight excluding hydrogens is 386 g/mol. The van der Waals surface area contributed by atoms with Gasteiger partial charge in [0.05, 0.1) is 17.6 Å². The zero-order valence-corrected chi connectivity index (χ0v) is 17.4. The van der Waals surface area contributed by atoms with Crippen molar-refractivity contribution < 1.29 is 9.53 Å². The van der Waals surface area contributed by atoms with E-state index in [-0.39, 0.29) is 5.97 Å². The molecule has 1 aliphatic carbocycles. The molecule has 0 N–H and O–H groups in total. The number of carbonyl (C=O) groups is 1. The molecule has 5 rings (SSSR count). The van der Waals surface area contributed by atoms with E-state index in [0.29, 0.717) is 23.8 Å². The number of para-hydroxylation sites is 1. The van der Waals surface area contributed by atoms with Gasteiger partial charge in [-0.2, -0.15) is 0 Å². The van der Waals surface area contributed by atoms with Gasteiger partial charge in [0.1, 0.15) is 11.3 Å². The molecule has 1 heterocycles. The zero-order chi connectivity index (χ0) is 21.0. The molecule has 156 valence electrons. The molecule has 3 aromatic carbocycles. The molecule has 1 aliphatic rings. The Morgan fingerprint density at radius 1 is 0.903 bits per heavy atom. The number of hydrogen-bond donors (Lipinski definition) is 0. The van der Waals surface area contributed by atoms with E-state index >= 15 is 0 Å². The van der Waals surface area contributed by atoms with Gasteiger partial charge in [0.25, 0.3) is 0 Å². The minimum atomic E-state index is -0.344. The molecule has 4 aromatic rings. The van der Waals surface area contributed by atoms with E-state index in [4.69, 9.17) is 4.74 Å². The highest BCUT2D eigenvalue weighted by Crippen LogP contribution is 2.33. The Bertz CT molecular complexity index is 1170. The first kappa shape index (κ1) is 19.5. The van der Waals surface area contributed by atoms with Crippen LogP contribution in [0.4, 0.5) is 0 Å². The van der Waals surface area contributed by atoms with Crippen molar-refractivity contribution in [1.29, 1.82) is 0 Å². The monoisotopic (exact) mass is 411 g/mol. The lowest BCUT2D eigenvalue weighted by Crippen LogP contribution is -2.09. The molecule has 0 bridgehead atoms. The quantitative estimate of drug-likeness (QED) is 0.310. The Morgan fingerprint density at radius 3 is 2.42 bits per heavy atom. The van der Waals surface area contributed by atoms with Gasteiger partial charge >= 0.3 is 5.97 Å². The summed E-state index contributed by atoms with van der Waals surface area (Å²) in [5.41, 5.74) is 4.79. The van der Waals surface area contributed by atoms with Crippen molar-refractivity contribution in [3.05, 3.63) is 89.5 Å². The Kier molecular flexibility index (Phi) is 5.48. The summed E-state index contributed by atoms with van der Waals surface area (Å²) < 4.78 is 7.44. The first-order chi connectivity index (χ1) is 15.3. The van der Waals surface area contributed by atoms with E-state index in [1.54, 1.807) is 12.1 Å². The molecule has 0 spiro atoms. The van der Waals surface area contributed by atoms with Crippen LogP contribution in [-0.2, 0) is 6.54 Å². The molecule has 0 radical (unpaired) electrons. The molecule has 1 aromatic heterocycles. The normalized spacial score (nSPS) is 14.6.